The standard InChI is InChI=1S/C8H4F12O3/c9-2(10)5(13,14)7(16,17)4(11,12)1-23-6(15,3(21)22)8(18,19)20/h2H,1H2,(H,21,22). The smallest absolute Gasteiger partial charge is 0.460 e. The first kappa shape index (κ1) is 21.6. The van der Waals surface area contributed by atoms with E-state index in [0.29, 0.717) is 0 Å². The Morgan fingerprint density at radius 1 is 0.913 bits per heavy atom. The lowest BCUT2D eigenvalue weighted by Crippen LogP contribution is -2.61. The zero-order valence-corrected chi connectivity index (χ0v) is 10.1. The maximum Gasteiger partial charge on any atom is 0.460 e. The van der Waals surface area contributed by atoms with Gasteiger partial charge in [0.15, 0.2) is 0 Å². The summed E-state index contributed by atoms with van der Waals surface area (Å²) in [6, 6.07) is 0. The third-order valence-electron chi connectivity index (χ3n) is 2.24. The number of carbonyl (C=O) groups is 1. The Labute approximate surface area is 117 Å². The van der Waals surface area contributed by atoms with Gasteiger partial charge >= 0.3 is 42.2 Å². The van der Waals surface area contributed by atoms with E-state index in [0.717, 1.165) is 0 Å². The molecule has 0 aromatic heterocycles. The van der Waals surface area contributed by atoms with Crippen LogP contribution in [0.4, 0.5) is 52.7 Å². The molecule has 0 aliphatic carbocycles. The van der Waals surface area contributed by atoms with Gasteiger partial charge in [0.2, 0.25) is 0 Å². The van der Waals surface area contributed by atoms with Crippen molar-refractivity contribution in [3.63, 3.8) is 0 Å². The van der Waals surface area contributed by atoms with Gasteiger partial charge in [-0.15, -0.1) is 0 Å². The van der Waals surface area contributed by atoms with Crippen LogP contribution in [0, 0.1) is 0 Å². The van der Waals surface area contributed by atoms with Gasteiger partial charge < -0.3 is 9.84 Å². The van der Waals surface area contributed by atoms with E-state index < -0.39 is 48.8 Å². The Kier molecular flexibility index (Phi) is 5.54. The van der Waals surface area contributed by atoms with Crippen molar-refractivity contribution in [3.8, 4) is 0 Å². The van der Waals surface area contributed by atoms with E-state index in [1.165, 1.54) is 0 Å². The van der Waals surface area contributed by atoms with Gasteiger partial charge in [-0.05, 0) is 0 Å². The van der Waals surface area contributed by atoms with Crippen molar-refractivity contribution >= 4 is 5.97 Å². The van der Waals surface area contributed by atoms with E-state index in [2.05, 4.69) is 4.74 Å². The lowest BCUT2D eigenvalue weighted by molar-refractivity contribution is -0.373. The van der Waals surface area contributed by atoms with E-state index in [4.69, 9.17) is 5.11 Å². The minimum Gasteiger partial charge on any atom is -0.477 e. The van der Waals surface area contributed by atoms with E-state index in [1.54, 1.807) is 0 Å². The maximum absolute atomic E-state index is 12.9. The first-order valence-corrected chi connectivity index (χ1v) is 4.89. The third kappa shape index (κ3) is 3.58. The summed E-state index contributed by atoms with van der Waals surface area (Å²) in [5, 5.41) is 7.90. The van der Waals surface area contributed by atoms with Gasteiger partial charge in [0.25, 0.3) is 0 Å². The molecule has 0 aromatic rings. The van der Waals surface area contributed by atoms with Crippen LogP contribution in [-0.4, -0.2) is 53.9 Å². The fraction of sp³-hybridized carbons (Fsp3) is 0.875. The molecule has 0 fully saturated rings. The van der Waals surface area contributed by atoms with E-state index in [-0.39, 0.29) is 0 Å². The number of hydrogen-bond acceptors (Lipinski definition) is 2. The molecule has 0 saturated heterocycles. The van der Waals surface area contributed by atoms with Crippen LogP contribution in [0.3, 0.4) is 0 Å². The second kappa shape index (κ2) is 5.90. The van der Waals surface area contributed by atoms with Crippen molar-refractivity contribution < 1.29 is 67.3 Å². The number of rotatable bonds is 7. The van der Waals surface area contributed by atoms with Gasteiger partial charge in [-0.25, -0.2) is 13.6 Å². The number of alkyl halides is 12. The molecule has 0 bridgehead atoms. The molecule has 1 atom stereocenters. The Hall–Kier alpha value is -1.41. The monoisotopic (exact) mass is 376 g/mol. The van der Waals surface area contributed by atoms with E-state index in [9.17, 15) is 57.5 Å². The van der Waals surface area contributed by atoms with E-state index in [1.807, 2.05) is 0 Å². The summed E-state index contributed by atoms with van der Waals surface area (Å²) in [5.41, 5.74) is 0. The van der Waals surface area contributed by atoms with Gasteiger partial charge in [-0.3, -0.25) is 0 Å². The number of ether oxygens (including phenoxy) is 1. The lowest BCUT2D eigenvalue weighted by atomic mass is 10.1. The Morgan fingerprint density at radius 3 is 1.57 bits per heavy atom. The van der Waals surface area contributed by atoms with Crippen LogP contribution in [0.1, 0.15) is 0 Å². The summed E-state index contributed by atoms with van der Waals surface area (Å²) >= 11 is 0. The minimum absolute atomic E-state index is 2.48. The second-order valence-electron chi connectivity index (χ2n) is 3.89. The Bertz CT molecular complexity index is 444. The summed E-state index contributed by atoms with van der Waals surface area (Å²) < 4.78 is 151. The number of aliphatic carboxylic acids is 1. The maximum atomic E-state index is 12.9. The molecule has 0 saturated carbocycles. The molecule has 0 aromatic carbocycles. The topological polar surface area (TPSA) is 46.5 Å². The van der Waals surface area contributed by atoms with E-state index >= 15 is 0 Å². The van der Waals surface area contributed by atoms with Crippen molar-refractivity contribution in [2.24, 2.45) is 0 Å². The van der Waals surface area contributed by atoms with Gasteiger partial charge in [0.1, 0.15) is 6.61 Å². The summed E-state index contributed by atoms with van der Waals surface area (Å²) in [6.07, 6.45) is -11.9. The van der Waals surface area contributed by atoms with Crippen LogP contribution in [0.2, 0.25) is 0 Å². The van der Waals surface area contributed by atoms with Crippen LogP contribution in [0.15, 0.2) is 0 Å². The molecular formula is C8H4F12O3. The van der Waals surface area contributed by atoms with Crippen molar-refractivity contribution in [2.75, 3.05) is 6.61 Å². The predicted molar refractivity (Wildman–Crippen MR) is 44.3 cm³/mol. The SMILES string of the molecule is O=C(O)C(F)(OCC(F)(F)C(F)(F)C(F)(F)C(F)F)C(F)(F)F. The highest BCUT2D eigenvalue weighted by molar-refractivity contribution is 5.76. The molecule has 23 heavy (non-hydrogen) atoms. The second-order valence-corrected chi connectivity index (χ2v) is 3.89. The average molecular weight is 376 g/mol. The quantitative estimate of drug-likeness (QED) is 0.693. The molecule has 1 N–H and O–H groups in total. The zero-order chi connectivity index (χ0) is 19.1. The predicted octanol–water partition coefficient (Wildman–Crippen LogP) is 3.49. The molecule has 0 radical (unpaired) electrons. The molecule has 0 aliphatic rings. The molecule has 0 aliphatic heterocycles. The molecule has 0 amide bonds. The normalized spacial score (nSPS) is 17.3. The van der Waals surface area contributed by atoms with Crippen LogP contribution < -0.4 is 0 Å². The number of carboxylic acids is 1. The van der Waals surface area contributed by atoms with Gasteiger partial charge in [-0.1, -0.05) is 0 Å². The van der Waals surface area contributed by atoms with Gasteiger partial charge in [0, 0.05) is 0 Å². The van der Waals surface area contributed by atoms with Crippen LogP contribution in [-0.2, 0) is 9.53 Å². The van der Waals surface area contributed by atoms with Crippen molar-refractivity contribution in [2.45, 2.75) is 36.2 Å². The molecule has 0 heterocycles. The van der Waals surface area contributed by atoms with Crippen LogP contribution in [0.25, 0.3) is 0 Å². The molecule has 138 valence electrons. The number of halogens is 12. The Balaban J connectivity index is 5.54. The highest BCUT2D eigenvalue weighted by Crippen LogP contribution is 2.49. The van der Waals surface area contributed by atoms with Gasteiger partial charge in [0.05, 0.1) is 0 Å². The zero-order valence-electron chi connectivity index (χ0n) is 10.1. The highest BCUT2D eigenvalue weighted by Gasteiger charge is 2.76. The largest absolute Gasteiger partial charge is 0.477 e. The van der Waals surface area contributed by atoms with Crippen molar-refractivity contribution in [1.82, 2.24) is 0 Å². The third-order valence-corrected chi connectivity index (χ3v) is 2.24. The fourth-order valence-corrected chi connectivity index (χ4v) is 0.926. The average Bonchev–Trinajstić information content (AvgIpc) is 2.33. The molecular weight excluding hydrogens is 372 g/mol. The first-order chi connectivity index (χ1) is 9.84. The highest BCUT2D eigenvalue weighted by atomic mass is 19.4. The minimum atomic E-state index is -6.97. The molecule has 15 heteroatoms. The fourth-order valence-electron chi connectivity index (χ4n) is 0.926. The van der Waals surface area contributed by atoms with Crippen LogP contribution in [0.5, 0.6) is 0 Å². The molecule has 3 nitrogen and oxygen atoms in total. The van der Waals surface area contributed by atoms with Gasteiger partial charge in [-0.2, -0.15) is 43.9 Å². The van der Waals surface area contributed by atoms with Crippen molar-refractivity contribution in [1.29, 1.82) is 0 Å². The molecule has 0 spiro atoms. The Morgan fingerprint density at radius 2 is 1.30 bits per heavy atom. The first-order valence-electron chi connectivity index (χ1n) is 4.89. The number of hydrogen-bond donors (Lipinski definition) is 1. The molecule has 1 unspecified atom stereocenters. The lowest BCUT2D eigenvalue weighted by Gasteiger charge is -2.33. The molecule has 0 rings (SSSR count). The summed E-state index contributed by atoms with van der Waals surface area (Å²) in [7, 11) is 0. The van der Waals surface area contributed by atoms with Crippen LogP contribution >= 0.6 is 0 Å². The summed E-state index contributed by atoms with van der Waals surface area (Å²) in [6.45, 7) is -3.58. The summed E-state index contributed by atoms with van der Waals surface area (Å²) in [5.74, 6) is -29.7. The summed E-state index contributed by atoms with van der Waals surface area (Å²) in [4.78, 5) is 10.0. The number of carboxylic acid groups (broad SMARTS) is 1. The van der Waals surface area contributed by atoms with Crippen molar-refractivity contribution in [3.05, 3.63) is 0 Å².